The Morgan fingerprint density at radius 3 is 2.43 bits per heavy atom. The number of carbonyl (C=O) groups excluding carboxylic acids is 1. The molecule has 120 valence electrons. The summed E-state index contributed by atoms with van der Waals surface area (Å²) < 4.78 is 30.9. The van der Waals surface area contributed by atoms with Gasteiger partial charge in [0.2, 0.25) is 0 Å². The monoisotopic (exact) mass is 394 g/mol. The molecule has 0 aromatic heterocycles. The van der Waals surface area contributed by atoms with Crippen LogP contribution < -0.4 is 4.18 Å². The molecule has 0 amide bonds. The molecule has 1 aliphatic rings. The zero-order chi connectivity index (χ0) is 16.8. The molecule has 2 aromatic rings. The first kappa shape index (κ1) is 16.2. The summed E-state index contributed by atoms with van der Waals surface area (Å²) in [6.45, 7) is 3.88. The highest BCUT2D eigenvalue weighted by atomic mass is 79.9. The third kappa shape index (κ3) is 2.93. The van der Waals surface area contributed by atoms with Gasteiger partial charge in [-0.25, -0.2) is 0 Å². The van der Waals surface area contributed by atoms with E-state index in [1.54, 1.807) is 24.3 Å². The van der Waals surface area contributed by atoms with Gasteiger partial charge in [-0.1, -0.05) is 28.9 Å². The van der Waals surface area contributed by atoms with E-state index >= 15 is 0 Å². The molecule has 0 N–H and O–H groups in total. The van der Waals surface area contributed by atoms with Crippen molar-refractivity contribution in [1.29, 1.82) is 0 Å². The molecule has 0 radical (unpaired) electrons. The number of rotatable bonds is 3. The number of aryl methyl sites for hydroxylation is 1. The van der Waals surface area contributed by atoms with E-state index in [0.29, 0.717) is 12.0 Å². The van der Waals surface area contributed by atoms with E-state index in [0.717, 1.165) is 15.6 Å². The average molecular weight is 395 g/mol. The van der Waals surface area contributed by atoms with E-state index in [1.165, 1.54) is 12.1 Å². The summed E-state index contributed by atoms with van der Waals surface area (Å²) in [6, 6.07) is 9.52. The fraction of sp³-hybridized carbons (Fsp3) is 0.235. The fourth-order valence-corrected chi connectivity index (χ4v) is 4.15. The van der Waals surface area contributed by atoms with Gasteiger partial charge in [-0.2, -0.15) is 8.42 Å². The van der Waals surface area contributed by atoms with Crippen LogP contribution in [0.5, 0.6) is 5.75 Å². The molecule has 0 fully saturated rings. The van der Waals surface area contributed by atoms with Gasteiger partial charge in [0, 0.05) is 10.9 Å². The van der Waals surface area contributed by atoms with Crippen molar-refractivity contribution in [3.05, 3.63) is 57.6 Å². The molecule has 2 aromatic carbocycles. The van der Waals surface area contributed by atoms with Gasteiger partial charge in [0.25, 0.3) is 0 Å². The van der Waals surface area contributed by atoms with E-state index in [9.17, 15) is 13.2 Å². The minimum atomic E-state index is -3.98. The third-order valence-corrected chi connectivity index (χ3v) is 5.77. The Balaban J connectivity index is 2.05. The molecule has 0 bridgehead atoms. The van der Waals surface area contributed by atoms with Crippen LogP contribution in [-0.2, 0) is 10.1 Å². The van der Waals surface area contributed by atoms with Crippen LogP contribution in [0.25, 0.3) is 0 Å². The zero-order valence-corrected chi connectivity index (χ0v) is 15.1. The van der Waals surface area contributed by atoms with E-state index in [-0.39, 0.29) is 22.3 Å². The van der Waals surface area contributed by atoms with Crippen LogP contribution in [-0.4, -0.2) is 14.2 Å². The standard InChI is InChI=1S/C17H15BrO4S/c1-10-3-8-15(17-14(19)9-11(2)16(10)17)22-23(20,21)13-6-4-12(18)5-7-13/h3-8,11H,9H2,1-2H3. The lowest BCUT2D eigenvalue weighted by Crippen LogP contribution is -2.12. The number of Topliss-reactive ketones (excluding diaryl/α,β-unsaturated/α-hetero) is 1. The van der Waals surface area contributed by atoms with E-state index in [2.05, 4.69) is 15.9 Å². The van der Waals surface area contributed by atoms with Crippen molar-refractivity contribution in [3.8, 4) is 5.75 Å². The summed E-state index contributed by atoms with van der Waals surface area (Å²) in [7, 11) is -3.98. The Morgan fingerprint density at radius 1 is 1.13 bits per heavy atom. The Bertz CT molecular complexity index is 886. The molecule has 6 heteroatoms. The number of hydrogen-bond donors (Lipinski definition) is 0. The summed E-state index contributed by atoms with van der Waals surface area (Å²) >= 11 is 3.26. The molecule has 1 unspecified atom stereocenters. The van der Waals surface area contributed by atoms with Gasteiger partial charge in [0.15, 0.2) is 11.5 Å². The summed E-state index contributed by atoms with van der Waals surface area (Å²) in [5.74, 6) is 0.122. The molecule has 0 spiro atoms. The fourth-order valence-electron chi connectivity index (χ4n) is 2.95. The Morgan fingerprint density at radius 2 is 1.78 bits per heavy atom. The first-order valence-electron chi connectivity index (χ1n) is 7.16. The number of halogens is 1. The second-order valence-corrected chi connectivity index (χ2v) is 8.15. The van der Waals surface area contributed by atoms with Gasteiger partial charge in [-0.15, -0.1) is 0 Å². The maximum atomic E-state index is 12.4. The van der Waals surface area contributed by atoms with Crippen LogP contribution in [0.3, 0.4) is 0 Å². The number of fused-ring (bicyclic) bond motifs is 1. The van der Waals surface area contributed by atoms with Gasteiger partial charge >= 0.3 is 10.1 Å². The molecule has 0 saturated heterocycles. The van der Waals surface area contributed by atoms with Crippen molar-refractivity contribution in [2.75, 3.05) is 0 Å². The summed E-state index contributed by atoms with van der Waals surface area (Å²) in [5.41, 5.74) is 2.27. The maximum Gasteiger partial charge on any atom is 0.339 e. The normalized spacial score (nSPS) is 17.2. The first-order chi connectivity index (χ1) is 10.8. The third-order valence-electron chi connectivity index (χ3n) is 3.99. The van der Waals surface area contributed by atoms with Crippen molar-refractivity contribution in [2.45, 2.75) is 31.1 Å². The lowest BCUT2D eigenvalue weighted by molar-refractivity contribution is 0.0989. The topological polar surface area (TPSA) is 60.4 Å². The van der Waals surface area contributed by atoms with Crippen LogP contribution in [0.4, 0.5) is 0 Å². The van der Waals surface area contributed by atoms with Crippen LogP contribution in [0.2, 0.25) is 0 Å². The van der Waals surface area contributed by atoms with Crippen molar-refractivity contribution in [2.24, 2.45) is 0 Å². The Kier molecular flexibility index (Phi) is 4.06. The van der Waals surface area contributed by atoms with E-state index in [4.69, 9.17) is 4.18 Å². The molecule has 1 atom stereocenters. The minimum Gasteiger partial charge on any atom is -0.378 e. The van der Waals surface area contributed by atoms with Crippen LogP contribution in [0, 0.1) is 6.92 Å². The molecular formula is C17H15BrO4S. The van der Waals surface area contributed by atoms with Crippen LogP contribution in [0.15, 0.2) is 45.8 Å². The Labute approximate surface area is 143 Å². The summed E-state index contributed by atoms with van der Waals surface area (Å²) in [5, 5.41) is 0. The second-order valence-electron chi connectivity index (χ2n) is 5.69. The molecule has 4 nitrogen and oxygen atoms in total. The van der Waals surface area contributed by atoms with Gasteiger partial charge < -0.3 is 4.18 Å². The number of carbonyl (C=O) groups is 1. The van der Waals surface area contributed by atoms with Crippen molar-refractivity contribution >= 4 is 31.8 Å². The van der Waals surface area contributed by atoms with Crippen LogP contribution in [0.1, 0.15) is 40.7 Å². The van der Waals surface area contributed by atoms with Gasteiger partial charge in [-0.3, -0.25) is 4.79 Å². The lowest BCUT2D eigenvalue weighted by Gasteiger charge is -2.13. The molecule has 0 saturated carbocycles. The quantitative estimate of drug-likeness (QED) is 0.731. The smallest absolute Gasteiger partial charge is 0.339 e. The Hall–Kier alpha value is -1.66. The SMILES string of the molecule is Cc1ccc(OS(=O)(=O)c2ccc(Br)cc2)c2c1C(C)CC2=O. The highest BCUT2D eigenvalue weighted by Crippen LogP contribution is 2.40. The van der Waals surface area contributed by atoms with Gasteiger partial charge in [0.1, 0.15) is 4.90 Å². The predicted octanol–water partition coefficient (Wildman–Crippen LogP) is 4.22. The van der Waals surface area contributed by atoms with Crippen molar-refractivity contribution in [1.82, 2.24) is 0 Å². The molecular weight excluding hydrogens is 380 g/mol. The van der Waals surface area contributed by atoms with Crippen molar-refractivity contribution < 1.29 is 17.4 Å². The maximum absolute atomic E-state index is 12.4. The minimum absolute atomic E-state index is 0.0496. The van der Waals surface area contributed by atoms with Crippen LogP contribution >= 0.6 is 15.9 Å². The number of hydrogen-bond acceptors (Lipinski definition) is 4. The second kappa shape index (κ2) is 5.76. The van der Waals surface area contributed by atoms with E-state index in [1.807, 2.05) is 13.8 Å². The number of ketones is 1. The highest BCUT2D eigenvalue weighted by molar-refractivity contribution is 9.10. The molecule has 0 heterocycles. The average Bonchev–Trinajstić information content (AvgIpc) is 2.78. The highest BCUT2D eigenvalue weighted by Gasteiger charge is 2.32. The van der Waals surface area contributed by atoms with Crippen molar-refractivity contribution in [3.63, 3.8) is 0 Å². The molecule has 1 aliphatic carbocycles. The van der Waals surface area contributed by atoms with Gasteiger partial charge in [0.05, 0.1) is 5.56 Å². The first-order valence-corrected chi connectivity index (χ1v) is 9.36. The summed E-state index contributed by atoms with van der Waals surface area (Å²) in [4.78, 5) is 12.3. The summed E-state index contributed by atoms with van der Waals surface area (Å²) in [6.07, 6.45) is 0.384. The molecule has 0 aliphatic heterocycles. The zero-order valence-electron chi connectivity index (χ0n) is 12.7. The lowest BCUT2D eigenvalue weighted by atomic mass is 9.98. The van der Waals surface area contributed by atoms with Gasteiger partial charge in [-0.05, 0) is 54.3 Å². The molecule has 23 heavy (non-hydrogen) atoms. The molecule has 3 rings (SSSR count). The van der Waals surface area contributed by atoms with E-state index < -0.39 is 10.1 Å². The number of benzene rings is 2. The largest absolute Gasteiger partial charge is 0.378 e. The predicted molar refractivity (Wildman–Crippen MR) is 90.5 cm³/mol.